The van der Waals surface area contributed by atoms with Crippen molar-refractivity contribution in [1.29, 1.82) is 0 Å². The first-order chi connectivity index (χ1) is 14.1. The van der Waals surface area contributed by atoms with Gasteiger partial charge in [-0.2, -0.15) is 0 Å². The normalized spacial score (nSPS) is 24.4. The highest BCUT2D eigenvalue weighted by Gasteiger charge is 2.42. The fourth-order valence-electron chi connectivity index (χ4n) is 4.90. The number of anilines is 1. The lowest BCUT2D eigenvalue weighted by Gasteiger charge is -2.47. The molecule has 3 aliphatic heterocycles. The van der Waals surface area contributed by atoms with Gasteiger partial charge in [0, 0.05) is 31.4 Å². The Labute approximate surface area is 172 Å². The molecule has 1 N–H and O–H groups in total. The molecule has 3 fully saturated rings. The quantitative estimate of drug-likeness (QED) is 0.788. The fraction of sp³-hybridized carbons (Fsp3) is 0.636. The summed E-state index contributed by atoms with van der Waals surface area (Å²) in [6, 6.07) is 7.29. The lowest BCUT2D eigenvalue weighted by atomic mass is 9.82. The molecule has 1 unspecified atom stereocenters. The van der Waals surface area contributed by atoms with Gasteiger partial charge in [0.05, 0.1) is 18.3 Å². The second-order valence-corrected chi connectivity index (χ2v) is 8.41. The molecule has 0 radical (unpaired) electrons. The van der Waals surface area contributed by atoms with E-state index in [1.807, 2.05) is 4.90 Å². The van der Waals surface area contributed by atoms with Gasteiger partial charge in [-0.3, -0.25) is 0 Å². The van der Waals surface area contributed by atoms with Gasteiger partial charge in [0.1, 0.15) is 0 Å². The molecular weight excluding hydrogens is 370 g/mol. The number of urea groups is 1. The third kappa shape index (κ3) is 4.56. The van der Waals surface area contributed by atoms with Crippen LogP contribution in [0.1, 0.15) is 48.9 Å². The Morgan fingerprint density at radius 2 is 1.79 bits per heavy atom. The van der Waals surface area contributed by atoms with Crippen molar-refractivity contribution >= 4 is 17.7 Å². The standard InChI is InChI=1S/C22H31N3O4/c1-28-20(26)17-4-6-18(7-5-17)23-21(27)25-13-9-22(10-14-25)16-19(8-15-29-22)24-11-2-3-12-24/h4-7,19H,2-3,8-16H2,1H3,(H,23,27). The zero-order chi connectivity index (χ0) is 20.3. The molecule has 158 valence electrons. The molecule has 0 saturated carbocycles. The van der Waals surface area contributed by atoms with E-state index in [-0.39, 0.29) is 17.6 Å². The minimum atomic E-state index is -0.385. The van der Waals surface area contributed by atoms with Gasteiger partial charge in [-0.15, -0.1) is 0 Å². The molecule has 1 spiro atoms. The summed E-state index contributed by atoms with van der Waals surface area (Å²) in [5.41, 5.74) is 1.07. The third-order valence-electron chi connectivity index (χ3n) is 6.64. The summed E-state index contributed by atoms with van der Waals surface area (Å²) in [5, 5.41) is 2.93. The van der Waals surface area contributed by atoms with E-state index in [1.54, 1.807) is 24.3 Å². The van der Waals surface area contributed by atoms with Crippen LogP contribution in [0.4, 0.5) is 10.5 Å². The van der Waals surface area contributed by atoms with Crippen molar-refractivity contribution in [2.45, 2.75) is 50.2 Å². The summed E-state index contributed by atoms with van der Waals surface area (Å²) in [6.45, 7) is 4.70. The van der Waals surface area contributed by atoms with Gasteiger partial charge in [0.2, 0.25) is 0 Å². The predicted octanol–water partition coefficient (Wildman–Crippen LogP) is 3.11. The number of carbonyl (C=O) groups excluding carboxylic acids is 2. The Balaban J connectivity index is 1.29. The average molecular weight is 402 g/mol. The zero-order valence-electron chi connectivity index (χ0n) is 17.2. The molecule has 7 heteroatoms. The van der Waals surface area contributed by atoms with Crippen LogP contribution >= 0.6 is 0 Å². The second kappa shape index (κ2) is 8.71. The first-order valence-electron chi connectivity index (χ1n) is 10.7. The second-order valence-electron chi connectivity index (χ2n) is 8.41. The van der Waals surface area contributed by atoms with Gasteiger partial charge in [-0.1, -0.05) is 0 Å². The molecule has 4 rings (SSSR count). The highest BCUT2D eigenvalue weighted by atomic mass is 16.5. The summed E-state index contributed by atoms with van der Waals surface area (Å²) in [5.74, 6) is -0.385. The average Bonchev–Trinajstić information content (AvgIpc) is 3.29. The molecule has 0 bridgehead atoms. The molecule has 29 heavy (non-hydrogen) atoms. The van der Waals surface area contributed by atoms with E-state index in [4.69, 9.17) is 9.47 Å². The van der Waals surface area contributed by atoms with Gasteiger partial charge in [0.15, 0.2) is 0 Å². The molecule has 1 aromatic rings. The summed E-state index contributed by atoms with van der Waals surface area (Å²) < 4.78 is 11.0. The zero-order valence-corrected chi connectivity index (χ0v) is 17.2. The number of rotatable bonds is 3. The largest absolute Gasteiger partial charge is 0.465 e. The molecule has 7 nitrogen and oxygen atoms in total. The van der Waals surface area contributed by atoms with Crippen LogP contribution in [0.25, 0.3) is 0 Å². The highest BCUT2D eigenvalue weighted by Crippen LogP contribution is 2.37. The van der Waals surface area contributed by atoms with Gasteiger partial charge in [-0.05, 0) is 75.9 Å². The molecule has 1 atom stereocenters. The topological polar surface area (TPSA) is 71.1 Å². The van der Waals surface area contributed by atoms with Crippen molar-refractivity contribution in [2.24, 2.45) is 0 Å². The molecular formula is C22H31N3O4. The van der Waals surface area contributed by atoms with Crippen LogP contribution in [0, 0.1) is 0 Å². The van der Waals surface area contributed by atoms with E-state index in [0.29, 0.717) is 30.4 Å². The van der Waals surface area contributed by atoms with E-state index in [2.05, 4.69) is 10.2 Å². The minimum absolute atomic E-state index is 0.0650. The van der Waals surface area contributed by atoms with Crippen LogP contribution in [-0.2, 0) is 9.47 Å². The number of hydrogen-bond donors (Lipinski definition) is 1. The number of benzene rings is 1. The van der Waals surface area contributed by atoms with Gasteiger partial charge >= 0.3 is 12.0 Å². The lowest BCUT2D eigenvalue weighted by Crippen LogP contribution is -2.54. The van der Waals surface area contributed by atoms with Crippen molar-refractivity contribution in [1.82, 2.24) is 9.80 Å². The lowest BCUT2D eigenvalue weighted by molar-refractivity contribution is -0.127. The highest BCUT2D eigenvalue weighted by molar-refractivity contribution is 5.92. The van der Waals surface area contributed by atoms with Crippen molar-refractivity contribution in [3.63, 3.8) is 0 Å². The SMILES string of the molecule is COC(=O)c1ccc(NC(=O)N2CCC3(CC2)CC(N2CCCC2)CCO3)cc1. The molecule has 3 saturated heterocycles. The number of esters is 1. The Morgan fingerprint density at radius 1 is 1.10 bits per heavy atom. The maximum Gasteiger partial charge on any atom is 0.337 e. The number of carbonyl (C=O) groups is 2. The monoisotopic (exact) mass is 401 g/mol. The van der Waals surface area contributed by atoms with Gasteiger partial charge in [0.25, 0.3) is 0 Å². The summed E-state index contributed by atoms with van der Waals surface area (Å²) in [4.78, 5) is 28.7. The number of nitrogens with zero attached hydrogens (tertiary/aromatic N) is 2. The fourth-order valence-corrected chi connectivity index (χ4v) is 4.90. The van der Waals surface area contributed by atoms with Crippen molar-refractivity contribution in [2.75, 3.05) is 45.2 Å². The number of methoxy groups -OCH3 is 1. The molecule has 3 aliphatic rings. The molecule has 1 aromatic carbocycles. The van der Waals surface area contributed by atoms with Gasteiger partial charge < -0.3 is 24.6 Å². The first kappa shape index (κ1) is 20.2. The number of piperidine rings is 1. The summed E-state index contributed by atoms with van der Waals surface area (Å²) in [6.07, 6.45) is 6.65. The number of hydrogen-bond acceptors (Lipinski definition) is 5. The number of ether oxygens (including phenoxy) is 2. The molecule has 3 heterocycles. The van der Waals surface area contributed by atoms with Gasteiger partial charge in [-0.25, -0.2) is 9.59 Å². The molecule has 0 aliphatic carbocycles. The minimum Gasteiger partial charge on any atom is -0.465 e. The number of likely N-dealkylation sites (tertiary alicyclic amines) is 2. The van der Waals surface area contributed by atoms with E-state index in [1.165, 1.54) is 33.0 Å². The van der Waals surface area contributed by atoms with Crippen LogP contribution < -0.4 is 5.32 Å². The Hall–Kier alpha value is -2.12. The van der Waals surface area contributed by atoms with Crippen molar-refractivity contribution < 1.29 is 19.1 Å². The predicted molar refractivity (Wildman–Crippen MR) is 110 cm³/mol. The third-order valence-corrected chi connectivity index (χ3v) is 6.64. The van der Waals surface area contributed by atoms with Crippen LogP contribution in [0.3, 0.4) is 0 Å². The Bertz CT molecular complexity index is 722. The van der Waals surface area contributed by atoms with Crippen LogP contribution in [0.5, 0.6) is 0 Å². The van der Waals surface area contributed by atoms with E-state index in [0.717, 1.165) is 32.3 Å². The van der Waals surface area contributed by atoms with E-state index < -0.39 is 0 Å². The van der Waals surface area contributed by atoms with Crippen molar-refractivity contribution in [3.8, 4) is 0 Å². The van der Waals surface area contributed by atoms with Crippen LogP contribution in [0.2, 0.25) is 0 Å². The smallest absolute Gasteiger partial charge is 0.337 e. The Kier molecular flexibility index (Phi) is 6.06. The summed E-state index contributed by atoms with van der Waals surface area (Å²) in [7, 11) is 1.35. The van der Waals surface area contributed by atoms with Crippen LogP contribution in [-0.4, -0.2) is 73.3 Å². The number of amides is 2. The van der Waals surface area contributed by atoms with E-state index in [9.17, 15) is 9.59 Å². The van der Waals surface area contributed by atoms with E-state index >= 15 is 0 Å². The number of nitrogens with one attached hydrogen (secondary N) is 1. The molecule has 2 amide bonds. The van der Waals surface area contributed by atoms with Crippen LogP contribution in [0.15, 0.2) is 24.3 Å². The van der Waals surface area contributed by atoms with Crippen molar-refractivity contribution in [3.05, 3.63) is 29.8 Å². The maximum absolute atomic E-state index is 12.7. The summed E-state index contributed by atoms with van der Waals surface area (Å²) >= 11 is 0. The first-order valence-corrected chi connectivity index (χ1v) is 10.7. The maximum atomic E-state index is 12.7. The Morgan fingerprint density at radius 3 is 2.45 bits per heavy atom. The molecule has 0 aromatic heterocycles.